The van der Waals surface area contributed by atoms with Crippen LogP contribution in [0.4, 0.5) is 0 Å². The van der Waals surface area contributed by atoms with Crippen LogP contribution < -0.4 is 4.57 Å². The Morgan fingerprint density at radius 2 is 1.07 bits per heavy atom. The van der Waals surface area contributed by atoms with Gasteiger partial charge in [0.05, 0.1) is 13.1 Å². The van der Waals surface area contributed by atoms with Gasteiger partial charge in [-0.1, -0.05) is 111 Å². The van der Waals surface area contributed by atoms with Crippen molar-refractivity contribution in [2.75, 3.05) is 0 Å². The normalized spacial score (nSPS) is 11.4. The van der Waals surface area contributed by atoms with Crippen LogP contribution in [0, 0.1) is 0 Å². The smallest absolute Gasteiger partial charge is 0.234 e. The second-order valence-corrected chi connectivity index (χ2v) is 9.15. The van der Waals surface area contributed by atoms with E-state index in [1.807, 2.05) is 0 Å². The van der Waals surface area contributed by atoms with Crippen LogP contribution in [-0.4, -0.2) is 4.57 Å². The standard InChI is InChI=1S/C27H53N2/c1-4-7-9-10-11-12-13-14-15-16-17-18-19-20-21-24-29-26-25-28(23-6-3)27(29)22-8-5-2/h25-26H,4-24H2,1-3H3/q+1. The number of unbranched alkanes of at least 4 members (excludes halogenated alkanes) is 15. The van der Waals surface area contributed by atoms with Gasteiger partial charge in [0.15, 0.2) is 0 Å². The van der Waals surface area contributed by atoms with Crippen LogP contribution in [-0.2, 0) is 19.5 Å². The Kier molecular flexibility index (Phi) is 17.4. The van der Waals surface area contributed by atoms with Gasteiger partial charge >= 0.3 is 0 Å². The summed E-state index contributed by atoms with van der Waals surface area (Å²) in [5, 5.41) is 0. The predicted molar refractivity (Wildman–Crippen MR) is 128 cm³/mol. The van der Waals surface area contributed by atoms with Crippen LogP contribution in [0.5, 0.6) is 0 Å². The number of aromatic nitrogens is 2. The summed E-state index contributed by atoms with van der Waals surface area (Å²) in [4.78, 5) is 0. The van der Waals surface area contributed by atoms with Gasteiger partial charge in [0.1, 0.15) is 12.4 Å². The molecule has 2 heteroatoms. The summed E-state index contributed by atoms with van der Waals surface area (Å²) < 4.78 is 5.02. The molecule has 0 unspecified atom stereocenters. The quantitative estimate of drug-likeness (QED) is 0.143. The van der Waals surface area contributed by atoms with Gasteiger partial charge in [-0.15, -0.1) is 0 Å². The van der Waals surface area contributed by atoms with E-state index in [4.69, 9.17) is 0 Å². The number of hydrogen-bond acceptors (Lipinski definition) is 0. The maximum absolute atomic E-state index is 2.54. The molecule has 1 heterocycles. The Morgan fingerprint density at radius 3 is 1.55 bits per heavy atom. The summed E-state index contributed by atoms with van der Waals surface area (Å²) >= 11 is 0. The SMILES string of the molecule is CCCCCCCCCCCCCCCCC[n+]1ccn(CCC)c1CCCC. The first-order chi connectivity index (χ1) is 14.3. The molecule has 0 amide bonds. The molecule has 1 aromatic heterocycles. The lowest BCUT2D eigenvalue weighted by Gasteiger charge is -2.05. The van der Waals surface area contributed by atoms with Gasteiger partial charge in [0.2, 0.25) is 0 Å². The van der Waals surface area contributed by atoms with Crippen molar-refractivity contribution in [3.05, 3.63) is 18.2 Å². The summed E-state index contributed by atoms with van der Waals surface area (Å²) in [6.45, 7) is 9.27. The van der Waals surface area contributed by atoms with Crippen molar-refractivity contribution in [3.63, 3.8) is 0 Å². The first kappa shape index (κ1) is 26.2. The highest BCUT2D eigenvalue weighted by Crippen LogP contribution is 2.13. The Morgan fingerprint density at radius 1 is 0.586 bits per heavy atom. The van der Waals surface area contributed by atoms with Crippen molar-refractivity contribution < 1.29 is 4.57 Å². The summed E-state index contributed by atoms with van der Waals surface area (Å²) in [6, 6.07) is 0. The molecule has 0 fully saturated rings. The van der Waals surface area contributed by atoms with E-state index in [0.717, 1.165) is 0 Å². The highest BCUT2D eigenvalue weighted by atomic mass is 15.1. The lowest BCUT2D eigenvalue weighted by molar-refractivity contribution is -0.704. The number of imidazole rings is 1. The minimum atomic E-state index is 1.17. The molecule has 0 saturated carbocycles. The van der Waals surface area contributed by atoms with Gasteiger partial charge in [0.25, 0.3) is 5.82 Å². The van der Waals surface area contributed by atoms with Gasteiger partial charge in [-0.3, -0.25) is 0 Å². The van der Waals surface area contributed by atoms with E-state index in [-0.39, 0.29) is 0 Å². The van der Waals surface area contributed by atoms with Gasteiger partial charge in [-0.2, -0.15) is 0 Å². The van der Waals surface area contributed by atoms with Crippen molar-refractivity contribution in [2.45, 2.75) is 156 Å². The lowest BCUT2D eigenvalue weighted by Crippen LogP contribution is -2.37. The molecule has 2 nitrogen and oxygen atoms in total. The van der Waals surface area contributed by atoms with E-state index < -0.39 is 0 Å². The number of hydrogen-bond donors (Lipinski definition) is 0. The van der Waals surface area contributed by atoms with Crippen LogP contribution in [0.3, 0.4) is 0 Å². The van der Waals surface area contributed by atoms with Gasteiger partial charge in [0, 0.05) is 6.42 Å². The van der Waals surface area contributed by atoms with Crippen LogP contribution in [0.2, 0.25) is 0 Å². The maximum atomic E-state index is 2.54. The van der Waals surface area contributed by atoms with Crippen LogP contribution >= 0.6 is 0 Å². The third kappa shape index (κ3) is 13.2. The second kappa shape index (κ2) is 19.2. The van der Waals surface area contributed by atoms with E-state index in [0.29, 0.717) is 0 Å². The molecule has 170 valence electrons. The molecule has 0 radical (unpaired) electrons. The van der Waals surface area contributed by atoms with Crippen molar-refractivity contribution in [2.24, 2.45) is 0 Å². The number of aryl methyl sites for hydroxylation is 2. The summed E-state index contributed by atoms with van der Waals surface area (Å²) in [5.41, 5.74) is 0. The minimum Gasteiger partial charge on any atom is -0.234 e. The highest BCUT2D eigenvalue weighted by Gasteiger charge is 2.15. The monoisotopic (exact) mass is 405 g/mol. The van der Waals surface area contributed by atoms with Crippen molar-refractivity contribution in [1.82, 2.24) is 4.57 Å². The first-order valence-corrected chi connectivity index (χ1v) is 13.4. The van der Waals surface area contributed by atoms with Crippen molar-refractivity contribution in [3.8, 4) is 0 Å². The molecule has 0 N–H and O–H groups in total. The highest BCUT2D eigenvalue weighted by molar-refractivity contribution is 4.84. The zero-order valence-corrected chi connectivity index (χ0v) is 20.4. The number of nitrogens with zero attached hydrogens (tertiary/aromatic N) is 2. The number of rotatable bonds is 21. The van der Waals surface area contributed by atoms with Crippen molar-refractivity contribution >= 4 is 0 Å². The largest absolute Gasteiger partial charge is 0.256 e. The molecule has 0 aliphatic heterocycles. The van der Waals surface area contributed by atoms with Gasteiger partial charge < -0.3 is 0 Å². The fraction of sp³-hybridized carbons (Fsp3) is 0.889. The molecule has 29 heavy (non-hydrogen) atoms. The minimum absolute atomic E-state index is 1.17. The molecular formula is C27H53N2+. The molecule has 0 aromatic carbocycles. The van der Waals surface area contributed by atoms with E-state index in [1.54, 1.807) is 5.82 Å². The Balaban J connectivity index is 1.98. The summed E-state index contributed by atoms with van der Waals surface area (Å²) in [7, 11) is 0. The molecule has 0 aliphatic carbocycles. The zero-order valence-electron chi connectivity index (χ0n) is 20.4. The molecule has 1 aromatic rings. The van der Waals surface area contributed by atoms with Crippen LogP contribution in [0.25, 0.3) is 0 Å². The maximum Gasteiger partial charge on any atom is 0.256 e. The molecule has 0 aliphatic rings. The van der Waals surface area contributed by atoms with Crippen LogP contribution in [0.15, 0.2) is 12.4 Å². The van der Waals surface area contributed by atoms with Gasteiger partial charge in [-0.05, 0) is 25.7 Å². The Hall–Kier alpha value is -0.790. The molecular weight excluding hydrogens is 352 g/mol. The lowest BCUT2D eigenvalue weighted by atomic mass is 10.0. The zero-order chi connectivity index (χ0) is 21.0. The third-order valence-corrected chi connectivity index (χ3v) is 6.31. The average Bonchev–Trinajstić information content (AvgIpc) is 3.11. The average molecular weight is 406 g/mol. The molecule has 0 saturated heterocycles. The molecule has 0 bridgehead atoms. The summed E-state index contributed by atoms with van der Waals surface area (Å²) in [5.74, 6) is 1.55. The first-order valence-electron chi connectivity index (χ1n) is 13.4. The second-order valence-electron chi connectivity index (χ2n) is 9.15. The Bertz CT molecular complexity index is 463. The third-order valence-electron chi connectivity index (χ3n) is 6.31. The van der Waals surface area contributed by atoms with E-state index in [2.05, 4.69) is 42.3 Å². The van der Waals surface area contributed by atoms with E-state index in [1.165, 1.54) is 135 Å². The molecule has 1 rings (SSSR count). The topological polar surface area (TPSA) is 8.81 Å². The van der Waals surface area contributed by atoms with Crippen molar-refractivity contribution in [1.29, 1.82) is 0 Å². The Labute approximate surface area is 183 Å². The van der Waals surface area contributed by atoms with E-state index >= 15 is 0 Å². The fourth-order valence-corrected chi connectivity index (χ4v) is 4.42. The molecule has 0 spiro atoms. The predicted octanol–water partition coefficient (Wildman–Crippen LogP) is 8.40. The summed E-state index contributed by atoms with van der Waals surface area (Å²) in [6.07, 6.45) is 31.3. The van der Waals surface area contributed by atoms with Crippen LogP contribution in [0.1, 0.15) is 142 Å². The fourth-order valence-electron chi connectivity index (χ4n) is 4.42. The van der Waals surface area contributed by atoms with Gasteiger partial charge in [-0.25, -0.2) is 9.13 Å². The van der Waals surface area contributed by atoms with E-state index in [9.17, 15) is 0 Å². The molecule has 0 atom stereocenters.